The van der Waals surface area contributed by atoms with Crippen LogP contribution in [0.15, 0.2) is 24.3 Å². The molecule has 0 amide bonds. The molecule has 0 aliphatic carbocycles. The summed E-state index contributed by atoms with van der Waals surface area (Å²) in [5.41, 5.74) is 0. The van der Waals surface area contributed by atoms with Crippen molar-refractivity contribution in [2.45, 2.75) is 64.7 Å². The van der Waals surface area contributed by atoms with Crippen molar-refractivity contribution in [1.29, 1.82) is 0 Å². The summed E-state index contributed by atoms with van der Waals surface area (Å²) in [6.07, 6.45) is 19.1. The maximum absolute atomic E-state index is 10.8. The molecule has 18 heavy (non-hydrogen) atoms. The Labute approximate surface area is 112 Å². The lowest BCUT2D eigenvalue weighted by Crippen LogP contribution is -1.92. The lowest BCUT2D eigenvalue weighted by Gasteiger charge is -1.99. The minimum absolute atomic E-state index is 0.299. The molecule has 0 saturated heterocycles. The van der Waals surface area contributed by atoms with Crippen LogP contribution in [0.2, 0.25) is 0 Å². The standard InChI is InChI=1S/C16H28O2/c1-3-4-5-6-7-8-9-10-11-12-13-14-15-16(17)18-2/h12-15H,3-11H2,1-2H3. The van der Waals surface area contributed by atoms with E-state index in [0.29, 0.717) is 0 Å². The van der Waals surface area contributed by atoms with Gasteiger partial charge in [0.05, 0.1) is 7.11 Å². The lowest BCUT2D eigenvalue weighted by atomic mass is 10.1. The summed E-state index contributed by atoms with van der Waals surface area (Å²) >= 11 is 0. The summed E-state index contributed by atoms with van der Waals surface area (Å²) in [6, 6.07) is 0. The molecule has 0 radical (unpaired) electrons. The fourth-order valence-electron chi connectivity index (χ4n) is 1.77. The summed E-state index contributed by atoms with van der Waals surface area (Å²) in [7, 11) is 1.39. The second-order valence-corrected chi connectivity index (χ2v) is 4.57. The zero-order chi connectivity index (χ0) is 13.5. The minimum Gasteiger partial charge on any atom is -0.466 e. The highest BCUT2D eigenvalue weighted by Crippen LogP contribution is 2.09. The highest BCUT2D eigenvalue weighted by Gasteiger charge is 1.90. The number of ether oxygens (including phenoxy) is 1. The molecule has 0 aliphatic heterocycles. The molecule has 0 aliphatic rings. The molecule has 0 bridgehead atoms. The third kappa shape index (κ3) is 13.0. The van der Waals surface area contributed by atoms with Crippen LogP contribution >= 0.6 is 0 Å². The van der Waals surface area contributed by atoms with Crippen molar-refractivity contribution in [3.8, 4) is 0 Å². The van der Waals surface area contributed by atoms with E-state index in [1.54, 1.807) is 6.08 Å². The SMILES string of the molecule is CCCCCCCCCCC=CC=CC(=O)OC. The molecular weight excluding hydrogens is 224 g/mol. The van der Waals surface area contributed by atoms with Gasteiger partial charge in [-0.2, -0.15) is 0 Å². The van der Waals surface area contributed by atoms with Gasteiger partial charge >= 0.3 is 5.97 Å². The monoisotopic (exact) mass is 252 g/mol. The molecule has 0 saturated carbocycles. The Bertz CT molecular complexity index is 241. The molecule has 0 N–H and O–H groups in total. The lowest BCUT2D eigenvalue weighted by molar-refractivity contribution is -0.134. The van der Waals surface area contributed by atoms with Gasteiger partial charge in [-0.1, -0.05) is 70.1 Å². The quantitative estimate of drug-likeness (QED) is 0.228. The number of esters is 1. The van der Waals surface area contributed by atoms with E-state index in [0.717, 1.165) is 6.42 Å². The summed E-state index contributed by atoms with van der Waals surface area (Å²) in [6.45, 7) is 2.25. The Kier molecular flexibility index (Phi) is 13.2. The van der Waals surface area contributed by atoms with Gasteiger partial charge in [0, 0.05) is 6.08 Å². The van der Waals surface area contributed by atoms with Crippen LogP contribution in [0.4, 0.5) is 0 Å². The number of carbonyl (C=O) groups excluding carboxylic acids is 1. The maximum Gasteiger partial charge on any atom is 0.330 e. The average molecular weight is 252 g/mol. The third-order valence-electron chi connectivity index (χ3n) is 2.91. The van der Waals surface area contributed by atoms with E-state index in [2.05, 4.69) is 17.7 Å². The Balaban J connectivity index is 3.22. The molecule has 0 unspecified atom stereocenters. The molecule has 2 nitrogen and oxygen atoms in total. The van der Waals surface area contributed by atoms with Crippen LogP contribution in [0.1, 0.15) is 64.7 Å². The fourth-order valence-corrected chi connectivity index (χ4v) is 1.77. The van der Waals surface area contributed by atoms with Gasteiger partial charge < -0.3 is 4.74 Å². The largest absolute Gasteiger partial charge is 0.466 e. The third-order valence-corrected chi connectivity index (χ3v) is 2.91. The first-order valence-electron chi connectivity index (χ1n) is 7.22. The van der Waals surface area contributed by atoms with Crippen molar-refractivity contribution >= 4 is 5.97 Å². The molecule has 0 aromatic heterocycles. The Morgan fingerprint density at radius 2 is 1.56 bits per heavy atom. The van der Waals surface area contributed by atoms with Crippen molar-refractivity contribution in [2.75, 3.05) is 7.11 Å². The van der Waals surface area contributed by atoms with Gasteiger partial charge in [0.25, 0.3) is 0 Å². The highest BCUT2D eigenvalue weighted by molar-refractivity contribution is 5.82. The molecule has 0 fully saturated rings. The summed E-state index contributed by atoms with van der Waals surface area (Å²) in [5.74, 6) is -0.299. The molecule has 0 atom stereocenters. The smallest absolute Gasteiger partial charge is 0.330 e. The first-order chi connectivity index (χ1) is 8.81. The number of allylic oxidation sites excluding steroid dienone is 3. The van der Waals surface area contributed by atoms with Crippen molar-refractivity contribution in [3.63, 3.8) is 0 Å². The number of hydrogen-bond acceptors (Lipinski definition) is 2. The number of unbranched alkanes of at least 4 members (excludes halogenated alkanes) is 8. The van der Waals surface area contributed by atoms with Crippen LogP contribution in [0.5, 0.6) is 0 Å². The predicted molar refractivity (Wildman–Crippen MR) is 77.5 cm³/mol. The summed E-state index contributed by atoms with van der Waals surface area (Å²) < 4.78 is 4.49. The topological polar surface area (TPSA) is 26.3 Å². The van der Waals surface area contributed by atoms with Crippen LogP contribution in [0.3, 0.4) is 0 Å². The van der Waals surface area contributed by atoms with Gasteiger partial charge in [0.15, 0.2) is 0 Å². The van der Waals surface area contributed by atoms with Crippen LogP contribution in [-0.2, 0) is 9.53 Å². The van der Waals surface area contributed by atoms with E-state index in [4.69, 9.17) is 0 Å². The first-order valence-corrected chi connectivity index (χ1v) is 7.22. The van der Waals surface area contributed by atoms with E-state index in [-0.39, 0.29) is 5.97 Å². The van der Waals surface area contributed by atoms with E-state index < -0.39 is 0 Å². The number of rotatable bonds is 11. The molecule has 2 heteroatoms. The van der Waals surface area contributed by atoms with Crippen molar-refractivity contribution in [2.24, 2.45) is 0 Å². The number of methoxy groups -OCH3 is 1. The van der Waals surface area contributed by atoms with Gasteiger partial charge in [-0.3, -0.25) is 0 Å². The molecule has 104 valence electrons. The van der Waals surface area contributed by atoms with Crippen LogP contribution < -0.4 is 0 Å². The molecule has 0 rings (SSSR count). The van der Waals surface area contributed by atoms with E-state index in [9.17, 15) is 4.79 Å². The van der Waals surface area contributed by atoms with Crippen molar-refractivity contribution in [3.05, 3.63) is 24.3 Å². The van der Waals surface area contributed by atoms with Crippen LogP contribution in [0, 0.1) is 0 Å². The van der Waals surface area contributed by atoms with Gasteiger partial charge in [-0.15, -0.1) is 0 Å². The summed E-state index contributed by atoms with van der Waals surface area (Å²) in [5, 5.41) is 0. The minimum atomic E-state index is -0.299. The van der Waals surface area contributed by atoms with Gasteiger partial charge in [0.2, 0.25) is 0 Å². The van der Waals surface area contributed by atoms with Gasteiger partial charge in [0.1, 0.15) is 0 Å². The maximum atomic E-state index is 10.8. The molecular formula is C16H28O2. The predicted octanol–water partition coefficient (Wildman–Crippen LogP) is 4.80. The molecule has 0 aromatic carbocycles. The van der Waals surface area contributed by atoms with Crippen molar-refractivity contribution in [1.82, 2.24) is 0 Å². The molecule has 0 aromatic rings. The van der Waals surface area contributed by atoms with Crippen LogP contribution in [-0.4, -0.2) is 13.1 Å². The summed E-state index contributed by atoms with van der Waals surface area (Å²) in [4.78, 5) is 10.8. The highest BCUT2D eigenvalue weighted by atomic mass is 16.5. The fraction of sp³-hybridized carbons (Fsp3) is 0.688. The van der Waals surface area contributed by atoms with Gasteiger partial charge in [-0.25, -0.2) is 4.79 Å². The Morgan fingerprint density at radius 3 is 2.17 bits per heavy atom. The van der Waals surface area contributed by atoms with E-state index >= 15 is 0 Å². The second kappa shape index (κ2) is 14.0. The molecule has 0 spiro atoms. The van der Waals surface area contributed by atoms with Crippen molar-refractivity contribution < 1.29 is 9.53 Å². The van der Waals surface area contributed by atoms with Crippen LogP contribution in [0.25, 0.3) is 0 Å². The number of carbonyl (C=O) groups is 1. The zero-order valence-corrected chi connectivity index (χ0v) is 12.0. The number of hydrogen-bond donors (Lipinski definition) is 0. The van der Waals surface area contributed by atoms with E-state index in [1.807, 2.05) is 6.08 Å². The Hall–Kier alpha value is -1.05. The Morgan fingerprint density at radius 1 is 0.944 bits per heavy atom. The van der Waals surface area contributed by atoms with E-state index in [1.165, 1.54) is 64.6 Å². The normalized spacial score (nSPS) is 11.4. The second-order valence-electron chi connectivity index (χ2n) is 4.57. The first kappa shape index (κ1) is 16.9. The van der Waals surface area contributed by atoms with Gasteiger partial charge in [-0.05, 0) is 12.8 Å². The zero-order valence-electron chi connectivity index (χ0n) is 12.0. The average Bonchev–Trinajstić information content (AvgIpc) is 2.39. The molecule has 0 heterocycles.